The lowest BCUT2D eigenvalue weighted by Crippen LogP contribution is -2.47. The van der Waals surface area contributed by atoms with Crippen molar-refractivity contribution >= 4 is 23.4 Å². The molecule has 4 heterocycles. The molecule has 4 saturated heterocycles. The van der Waals surface area contributed by atoms with Crippen molar-refractivity contribution in [3.63, 3.8) is 0 Å². The van der Waals surface area contributed by atoms with Crippen LogP contribution in [0.1, 0.15) is 69.8 Å². The van der Waals surface area contributed by atoms with Gasteiger partial charge in [-0.25, -0.2) is 0 Å². The number of piperidine rings is 4. The van der Waals surface area contributed by atoms with Gasteiger partial charge in [0.05, 0.1) is 5.92 Å². The summed E-state index contributed by atoms with van der Waals surface area (Å²) in [5, 5.41) is 2.46. The maximum Gasteiger partial charge on any atom is 0.234 e. The van der Waals surface area contributed by atoms with E-state index in [1.54, 1.807) is 0 Å². The molecule has 4 aliphatic heterocycles. The minimum absolute atomic E-state index is 0.166. The predicted molar refractivity (Wildman–Crippen MR) is 141 cm³/mol. The van der Waals surface area contributed by atoms with E-state index in [2.05, 4.69) is 51.2 Å². The molecular weight excluding hydrogens is 452 g/mol. The molecule has 0 aromatic heterocycles. The van der Waals surface area contributed by atoms with Crippen molar-refractivity contribution in [1.29, 1.82) is 0 Å². The van der Waals surface area contributed by atoms with Crippen LogP contribution < -0.4 is 10.2 Å². The molecule has 0 saturated carbocycles. The third kappa shape index (κ3) is 5.61. The van der Waals surface area contributed by atoms with Crippen LogP contribution in [0.3, 0.4) is 0 Å². The Morgan fingerprint density at radius 2 is 1.44 bits per heavy atom. The van der Waals surface area contributed by atoms with Crippen molar-refractivity contribution in [2.24, 2.45) is 17.8 Å². The monoisotopic (exact) mass is 494 g/mol. The minimum atomic E-state index is -0.218. The molecular formula is C29H42N4O3. The smallest absolute Gasteiger partial charge is 0.234 e. The molecule has 0 radical (unpaired) electrons. The van der Waals surface area contributed by atoms with E-state index in [1.165, 1.54) is 18.5 Å². The summed E-state index contributed by atoms with van der Waals surface area (Å²) < 4.78 is 0. The first-order chi connectivity index (χ1) is 17.5. The van der Waals surface area contributed by atoms with E-state index in [1.807, 2.05) is 0 Å². The molecule has 1 unspecified atom stereocenters. The summed E-state index contributed by atoms with van der Waals surface area (Å²) in [5.74, 6) is 1.61. The molecule has 1 atom stereocenters. The lowest BCUT2D eigenvalue weighted by molar-refractivity contribution is -0.139. The first kappa shape index (κ1) is 25.2. The molecule has 4 fully saturated rings. The fourth-order valence-electron chi connectivity index (χ4n) is 6.90. The predicted octanol–water partition coefficient (Wildman–Crippen LogP) is 3.39. The molecule has 196 valence electrons. The summed E-state index contributed by atoms with van der Waals surface area (Å²) >= 11 is 0. The number of amides is 3. The summed E-state index contributed by atoms with van der Waals surface area (Å²) in [7, 11) is 0. The number of hydrogen-bond donors (Lipinski definition) is 1. The molecule has 4 aliphatic rings. The van der Waals surface area contributed by atoms with E-state index >= 15 is 0 Å². The summed E-state index contributed by atoms with van der Waals surface area (Å²) in [5.41, 5.74) is 2.22. The Morgan fingerprint density at radius 3 is 2.03 bits per heavy atom. The SMILES string of the molecule is CCN1CCC(C(=O)N2CCC(C3CCN(c4ccc(C5CCC(=O)NC5=O)cc4)CC3)CC2)CC1. The Bertz CT molecular complexity index is 924. The number of imide groups is 1. The van der Waals surface area contributed by atoms with Crippen LogP contribution in [-0.4, -0.2) is 73.3 Å². The number of hydrogen-bond acceptors (Lipinski definition) is 5. The Balaban J connectivity index is 1.06. The van der Waals surface area contributed by atoms with Gasteiger partial charge in [-0.05, 0) is 94.1 Å². The number of anilines is 1. The van der Waals surface area contributed by atoms with Crippen molar-refractivity contribution in [2.75, 3.05) is 50.7 Å². The zero-order chi connectivity index (χ0) is 25.1. The van der Waals surface area contributed by atoms with Gasteiger partial charge < -0.3 is 14.7 Å². The zero-order valence-electron chi connectivity index (χ0n) is 21.8. The number of nitrogens with zero attached hydrogens (tertiary/aromatic N) is 3. The van der Waals surface area contributed by atoms with Gasteiger partial charge in [0.15, 0.2) is 0 Å². The highest BCUT2D eigenvalue weighted by molar-refractivity contribution is 6.00. The van der Waals surface area contributed by atoms with Gasteiger partial charge in [0.25, 0.3) is 0 Å². The van der Waals surface area contributed by atoms with Crippen LogP contribution in [0.5, 0.6) is 0 Å². The molecule has 1 N–H and O–H groups in total. The highest BCUT2D eigenvalue weighted by Crippen LogP contribution is 2.35. The number of carbonyl (C=O) groups is 3. The van der Waals surface area contributed by atoms with Crippen molar-refractivity contribution in [3.05, 3.63) is 29.8 Å². The normalized spacial score (nSPS) is 25.8. The highest BCUT2D eigenvalue weighted by Gasteiger charge is 2.34. The maximum atomic E-state index is 13.1. The van der Waals surface area contributed by atoms with Gasteiger partial charge in [-0.15, -0.1) is 0 Å². The zero-order valence-corrected chi connectivity index (χ0v) is 21.8. The van der Waals surface area contributed by atoms with E-state index in [-0.39, 0.29) is 23.7 Å². The van der Waals surface area contributed by atoms with Crippen LogP contribution in [-0.2, 0) is 14.4 Å². The fraction of sp³-hybridized carbons (Fsp3) is 0.690. The van der Waals surface area contributed by atoms with Gasteiger partial charge in [0, 0.05) is 44.2 Å². The molecule has 36 heavy (non-hydrogen) atoms. The molecule has 1 aromatic rings. The second-order valence-corrected chi connectivity index (χ2v) is 11.3. The van der Waals surface area contributed by atoms with E-state index in [9.17, 15) is 14.4 Å². The average Bonchev–Trinajstić information content (AvgIpc) is 2.93. The first-order valence-electron chi connectivity index (χ1n) is 14.2. The molecule has 1 aromatic carbocycles. The first-order valence-corrected chi connectivity index (χ1v) is 14.2. The Kier molecular flexibility index (Phi) is 7.94. The van der Waals surface area contributed by atoms with Crippen molar-refractivity contribution in [3.8, 4) is 0 Å². The molecule has 0 bridgehead atoms. The third-order valence-corrected chi connectivity index (χ3v) is 9.34. The van der Waals surface area contributed by atoms with Crippen LogP contribution in [0.25, 0.3) is 0 Å². The van der Waals surface area contributed by atoms with Crippen LogP contribution in [0.4, 0.5) is 5.69 Å². The maximum absolute atomic E-state index is 13.1. The molecule has 0 aliphatic carbocycles. The molecule has 7 heteroatoms. The van der Waals surface area contributed by atoms with Crippen LogP contribution in [0.15, 0.2) is 24.3 Å². The second-order valence-electron chi connectivity index (χ2n) is 11.3. The van der Waals surface area contributed by atoms with Gasteiger partial charge >= 0.3 is 0 Å². The Hall–Kier alpha value is -2.41. The lowest BCUT2D eigenvalue weighted by atomic mass is 9.78. The van der Waals surface area contributed by atoms with Crippen LogP contribution in [0, 0.1) is 17.8 Å². The van der Waals surface area contributed by atoms with Crippen LogP contribution in [0.2, 0.25) is 0 Å². The number of likely N-dealkylation sites (tertiary alicyclic amines) is 2. The van der Waals surface area contributed by atoms with Crippen molar-refractivity contribution < 1.29 is 14.4 Å². The summed E-state index contributed by atoms with van der Waals surface area (Å²) in [4.78, 5) is 43.7. The Labute approximate surface area is 215 Å². The summed E-state index contributed by atoms with van der Waals surface area (Å²) in [6, 6.07) is 8.38. The summed E-state index contributed by atoms with van der Waals surface area (Å²) in [6.45, 7) is 9.47. The molecule has 7 nitrogen and oxygen atoms in total. The average molecular weight is 495 g/mol. The second kappa shape index (κ2) is 11.3. The molecule has 0 spiro atoms. The topological polar surface area (TPSA) is 73.0 Å². The van der Waals surface area contributed by atoms with Gasteiger partial charge in [-0.1, -0.05) is 19.1 Å². The van der Waals surface area contributed by atoms with Crippen molar-refractivity contribution in [2.45, 2.75) is 64.2 Å². The van der Waals surface area contributed by atoms with E-state index in [0.29, 0.717) is 18.7 Å². The van der Waals surface area contributed by atoms with Crippen molar-refractivity contribution in [1.82, 2.24) is 15.1 Å². The summed E-state index contributed by atoms with van der Waals surface area (Å²) in [6.07, 6.45) is 7.80. The van der Waals surface area contributed by atoms with E-state index < -0.39 is 0 Å². The standard InChI is InChI=1S/C29H42N4O3/c1-2-31-15-9-24(10-16-31)29(36)33-19-13-22(14-20-33)21-11-17-32(18-12-21)25-5-3-23(4-6-25)26-7-8-27(34)30-28(26)35/h3-6,21-22,24,26H,2,7-20H2,1H3,(H,30,34,35). The molecule has 3 amide bonds. The Morgan fingerprint density at radius 1 is 0.833 bits per heavy atom. The number of benzene rings is 1. The fourth-order valence-corrected chi connectivity index (χ4v) is 6.90. The largest absolute Gasteiger partial charge is 0.372 e. The van der Waals surface area contributed by atoms with E-state index in [0.717, 1.165) is 88.9 Å². The molecule has 5 rings (SSSR count). The minimum Gasteiger partial charge on any atom is -0.372 e. The van der Waals surface area contributed by atoms with E-state index in [4.69, 9.17) is 0 Å². The lowest BCUT2D eigenvalue weighted by Gasteiger charge is -2.42. The van der Waals surface area contributed by atoms with Gasteiger partial charge in [0.2, 0.25) is 17.7 Å². The number of carbonyl (C=O) groups excluding carboxylic acids is 3. The van der Waals surface area contributed by atoms with Gasteiger partial charge in [-0.3, -0.25) is 19.7 Å². The van der Waals surface area contributed by atoms with Gasteiger partial charge in [0.1, 0.15) is 0 Å². The quantitative estimate of drug-likeness (QED) is 0.636. The number of nitrogens with one attached hydrogen (secondary N) is 1. The van der Waals surface area contributed by atoms with Crippen LogP contribution >= 0.6 is 0 Å². The van der Waals surface area contributed by atoms with Gasteiger partial charge in [-0.2, -0.15) is 0 Å². The highest BCUT2D eigenvalue weighted by atomic mass is 16.2. The number of rotatable bonds is 5. The third-order valence-electron chi connectivity index (χ3n) is 9.34.